The molecule has 0 aromatic rings. The average molecular weight is 256 g/mol. The molecule has 0 unspecified atom stereocenters. The molecule has 2 atom stereocenters. The highest BCUT2D eigenvalue weighted by Crippen LogP contribution is 2.58. The van der Waals surface area contributed by atoms with Crippen LogP contribution in [0.5, 0.6) is 0 Å². The third-order valence-corrected chi connectivity index (χ3v) is 3.71. The second-order valence-electron chi connectivity index (χ2n) is 5.92. The van der Waals surface area contributed by atoms with Gasteiger partial charge in [-0.25, -0.2) is 0 Å². The number of carbonyl (C=O) groups is 2. The molecule has 1 amide bonds. The Morgan fingerprint density at radius 1 is 1.22 bits per heavy atom. The first-order valence-electron chi connectivity index (χ1n) is 6.43. The molecule has 0 spiro atoms. The quantitative estimate of drug-likeness (QED) is 0.661. The first-order valence-corrected chi connectivity index (χ1v) is 6.43. The normalized spacial score (nSPS) is 24.9. The van der Waals surface area contributed by atoms with Gasteiger partial charge in [0.1, 0.15) is 0 Å². The Morgan fingerprint density at radius 3 is 2.28 bits per heavy atom. The molecule has 0 saturated heterocycles. The molecule has 104 valence electrons. The number of unbranched alkanes of at least 4 members (excludes halogenated alkanes) is 1. The number of carbonyl (C=O) groups excluding carboxylic acids is 1. The molecule has 18 heavy (non-hydrogen) atoms. The third-order valence-electron chi connectivity index (χ3n) is 3.71. The van der Waals surface area contributed by atoms with Crippen molar-refractivity contribution < 1.29 is 14.7 Å². The Bertz CT molecular complexity index is 326. The maximum absolute atomic E-state index is 11.8. The maximum atomic E-state index is 11.8. The summed E-state index contributed by atoms with van der Waals surface area (Å²) < 4.78 is 0. The fourth-order valence-electron chi connectivity index (χ4n) is 2.46. The maximum Gasteiger partial charge on any atom is 0.307 e. The van der Waals surface area contributed by atoms with E-state index in [0.29, 0.717) is 6.54 Å². The number of amides is 1. The van der Waals surface area contributed by atoms with Crippen LogP contribution in [-0.2, 0) is 9.59 Å². The van der Waals surface area contributed by atoms with E-state index in [1.54, 1.807) is 0 Å². The second kappa shape index (κ2) is 5.69. The van der Waals surface area contributed by atoms with E-state index in [-0.39, 0.29) is 11.8 Å². The summed E-state index contributed by atoms with van der Waals surface area (Å²) in [7, 11) is 4.03. The summed E-state index contributed by atoms with van der Waals surface area (Å²) in [4.78, 5) is 24.9. The number of hydrogen-bond donors (Lipinski definition) is 2. The molecule has 1 rings (SSSR count). The zero-order valence-corrected chi connectivity index (χ0v) is 11.7. The van der Waals surface area contributed by atoms with Crippen LogP contribution in [0.25, 0.3) is 0 Å². The van der Waals surface area contributed by atoms with Crippen molar-refractivity contribution in [3.63, 3.8) is 0 Å². The van der Waals surface area contributed by atoms with Gasteiger partial charge in [-0.1, -0.05) is 13.8 Å². The molecule has 0 radical (unpaired) electrons. The van der Waals surface area contributed by atoms with E-state index < -0.39 is 17.3 Å². The van der Waals surface area contributed by atoms with Gasteiger partial charge < -0.3 is 15.3 Å². The minimum Gasteiger partial charge on any atom is -0.481 e. The first-order chi connectivity index (χ1) is 8.28. The van der Waals surface area contributed by atoms with Crippen LogP contribution in [0.3, 0.4) is 0 Å². The molecule has 0 heterocycles. The van der Waals surface area contributed by atoms with Crippen LogP contribution in [-0.4, -0.2) is 49.1 Å². The molecule has 1 saturated carbocycles. The molecule has 0 bridgehead atoms. The molecule has 1 aliphatic rings. The third kappa shape index (κ3) is 3.45. The number of carboxylic acid groups (broad SMARTS) is 1. The minimum atomic E-state index is -0.868. The van der Waals surface area contributed by atoms with Gasteiger partial charge in [0, 0.05) is 6.54 Å². The Balaban J connectivity index is 2.25. The van der Waals surface area contributed by atoms with E-state index in [1.807, 2.05) is 27.9 Å². The number of carboxylic acids is 1. The van der Waals surface area contributed by atoms with Crippen LogP contribution in [0, 0.1) is 17.3 Å². The molecule has 1 aliphatic carbocycles. The van der Waals surface area contributed by atoms with Crippen molar-refractivity contribution in [1.82, 2.24) is 10.2 Å². The van der Waals surface area contributed by atoms with Gasteiger partial charge in [0.05, 0.1) is 11.8 Å². The van der Waals surface area contributed by atoms with Crippen molar-refractivity contribution in [3.8, 4) is 0 Å². The van der Waals surface area contributed by atoms with E-state index in [2.05, 4.69) is 10.2 Å². The predicted octanol–water partition coefficient (Wildman–Crippen LogP) is 0.801. The van der Waals surface area contributed by atoms with Crippen molar-refractivity contribution in [2.75, 3.05) is 27.2 Å². The summed E-state index contributed by atoms with van der Waals surface area (Å²) in [6.07, 6.45) is 1.96. The molecule has 0 aromatic carbocycles. The van der Waals surface area contributed by atoms with Gasteiger partial charge in [-0.15, -0.1) is 0 Å². The van der Waals surface area contributed by atoms with Crippen molar-refractivity contribution in [2.24, 2.45) is 17.3 Å². The highest BCUT2D eigenvalue weighted by atomic mass is 16.4. The van der Waals surface area contributed by atoms with Crippen LogP contribution in [0.4, 0.5) is 0 Å². The number of rotatable bonds is 7. The van der Waals surface area contributed by atoms with Gasteiger partial charge in [0.25, 0.3) is 0 Å². The van der Waals surface area contributed by atoms with E-state index >= 15 is 0 Å². The van der Waals surface area contributed by atoms with Gasteiger partial charge >= 0.3 is 5.97 Å². The van der Waals surface area contributed by atoms with Crippen LogP contribution < -0.4 is 5.32 Å². The van der Waals surface area contributed by atoms with Gasteiger partial charge in [0.15, 0.2) is 0 Å². The van der Waals surface area contributed by atoms with Crippen LogP contribution in [0.1, 0.15) is 26.7 Å². The van der Waals surface area contributed by atoms with E-state index in [4.69, 9.17) is 5.11 Å². The summed E-state index contributed by atoms with van der Waals surface area (Å²) in [5.41, 5.74) is -0.403. The predicted molar refractivity (Wildman–Crippen MR) is 69.2 cm³/mol. The highest BCUT2D eigenvalue weighted by Gasteiger charge is 2.65. The molecule has 1 fully saturated rings. The number of nitrogens with zero attached hydrogens (tertiary/aromatic N) is 1. The fraction of sp³-hybridized carbons (Fsp3) is 0.846. The lowest BCUT2D eigenvalue weighted by Crippen LogP contribution is -2.28. The van der Waals surface area contributed by atoms with E-state index in [9.17, 15) is 9.59 Å². The van der Waals surface area contributed by atoms with Crippen molar-refractivity contribution >= 4 is 11.9 Å². The van der Waals surface area contributed by atoms with E-state index in [0.717, 1.165) is 19.4 Å². The van der Waals surface area contributed by atoms with Gasteiger partial charge in [-0.05, 0) is 38.9 Å². The van der Waals surface area contributed by atoms with Crippen LogP contribution in [0.15, 0.2) is 0 Å². The summed E-state index contributed by atoms with van der Waals surface area (Å²) in [5.74, 6) is -1.88. The number of nitrogens with one attached hydrogen (secondary N) is 1. The fourth-order valence-corrected chi connectivity index (χ4v) is 2.46. The zero-order valence-electron chi connectivity index (χ0n) is 11.7. The summed E-state index contributed by atoms with van der Waals surface area (Å²) >= 11 is 0. The van der Waals surface area contributed by atoms with Crippen molar-refractivity contribution in [3.05, 3.63) is 0 Å². The lowest BCUT2D eigenvalue weighted by molar-refractivity contribution is -0.140. The topological polar surface area (TPSA) is 69.6 Å². The SMILES string of the molecule is CN(C)CCCCNC(=O)[C@H]1[C@@H](C(=O)O)C1(C)C. The summed E-state index contributed by atoms with van der Waals surface area (Å²) in [6.45, 7) is 5.30. The minimum absolute atomic E-state index is 0.114. The molecule has 0 aromatic heterocycles. The molecular formula is C13H24N2O3. The first kappa shape index (κ1) is 15.0. The molecule has 5 heteroatoms. The lowest BCUT2D eigenvalue weighted by Gasteiger charge is -2.09. The average Bonchev–Trinajstić information content (AvgIpc) is 2.80. The zero-order chi connectivity index (χ0) is 13.9. The standard InChI is InChI=1S/C13H24N2O3/c1-13(2)9(10(13)12(17)18)11(16)14-7-5-6-8-15(3)4/h9-10H,5-8H2,1-4H3,(H,14,16)(H,17,18)/t9-,10+/m1/s1. The van der Waals surface area contributed by atoms with Gasteiger partial charge in [0.2, 0.25) is 5.91 Å². The van der Waals surface area contributed by atoms with Crippen LogP contribution in [0.2, 0.25) is 0 Å². The molecule has 5 nitrogen and oxygen atoms in total. The van der Waals surface area contributed by atoms with Crippen LogP contribution >= 0.6 is 0 Å². The summed E-state index contributed by atoms with van der Waals surface area (Å²) in [5, 5.41) is 11.8. The monoisotopic (exact) mass is 256 g/mol. The summed E-state index contributed by atoms with van der Waals surface area (Å²) in [6, 6.07) is 0. The number of aliphatic carboxylic acids is 1. The van der Waals surface area contributed by atoms with Gasteiger partial charge in [-0.2, -0.15) is 0 Å². The Labute approximate surface area is 109 Å². The largest absolute Gasteiger partial charge is 0.481 e. The van der Waals surface area contributed by atoms with Crippen molar-refractivity contribution in [1.29, 1.82) is 0 Å². The smallest absolute Gasteiger partial charge is 0.307 e. The van der Waals surface area contributed by atoms with E-state index in [1.165, 1.54) is 0 Å². The lowest BCUT2D eigenvalue weighted by atomic mass is 10.1. The Hall–Kier alpha value is -1.10. The molecule has 2 N–H and O–H groups in total. The molecule has 0 aliphatic heterocycles. The Morgan fingerprint density at radius 2 is 1.83 bits per heavy atom. The van der Waals surface area contributed by atoms with Gasteiger partial charge in [-0.3, -0.25) is 9.59 Å². The second-order valence-corrected chi connectivity index (χ2v) is 5.92. The highest BCUT2D eigenvalue weighted by molar-refractivity contribution is 5.91. The Kier molecular flexibility index (Phi) is 4.73. The van der Waals surface area contributed by atoms with Crippen molar-refractivity contribution in [2.45, 2.75) is 26.7 Å². The number of hydrogen-bond acceptors (Lipinski definition) is 3. The molecular weight excluding hydrogens is 232 g/mol.